The number of hydrogen-bond donors (Lipinski definition) is 1. The van der Waals surface area contributed by atoms with Crippen molar-refractivity contribution in [1.82, 2.24) is 0 Å². The van der Waals surface area contributed by atoms with Crippen LogP contribution in [0.25, 0.3) is 16.7 Å². The van der Waals surface area contributed by atoms with Gasteiger partial charge in [-0.3, -0.25) is 0 Å². The van der Waals surface area contributed by atoms with E-state index >= 15 is 0 Å². The first-order valence-corrected chi connectivity index (χ1v) is 16.0. The molecule has 0 saturated heterocycles. The zero-order valence-corrected chi connectivity index (χ0v) is 26.3. The van der Waals surface area contributed by atoms with Crippen LogP contribution in [0.2, 0.25) is 0 Å². The Morgan fingerprint density at radius 3 is 2.16 bits per heavy atom. The van der Waals surface area contributed by atoms with E-state index in [0.717, 1.165) is 41.8 Å². The maximum atomic E-state index is 4.65. The highest BCUT2D eigenvalue weighted by molar-refractivity contribution is 5.71. The number of allylic oxidation sites excluding steroid dienone is 11. The summed E-state index contributed by atoms with van der Waals surface area (Å²) in [5.74, 6) is 0.272. The van der Waals surface area contributed by atoms with Gasteiger partial charge in [-0.05, 0) is 101 Å². The molecule has 0 bridgehead atoms. The molecular formula is C44H41N. The summed E-state index contributed by atoms with van der Waals surface area (Å²) in [5.41, 5.74) is 14.7. The van der Waals surface area contributed by atoms with Crippen LogP contribution in [0.5, 0.6) is 0 Å². The van der Waals surface area contributed by atoms with E-state index in [2.05, 4.69) is 177 Å². The second-order valence-electron chi connectivity index (χ2n) is 11.9. The van der Waals surface area contributed by atoms with Crippen LogP contribution in [-0.4, -0.2) is 0 Å². The second-order valence-corrected chi connectivity index (χ2v) is 11.9. The van der Waals surface area contributed by atoms with Gasteiger partial charge in [0.25, 0.3) is 0 Å². The van der Waals surface area contributed by atoms with Crippen molar-refractivity contribution in [2.45, 2.75) is 39.0 Å². The lowest BCUT2D eigenvalue weighted by atomic mass is 9.84. The molecule has 2 aliphatic carbocycles. The zero-order valence-electron chi connectivity index (χ0n) is 26.3. The van der Waals surface area contributed by atoms with E-state index in [-0.39, 0.29) is 5.92 Å². The van der Waals surface area contributed by atoms with E-state index in [1.165, 1.54) is 44.5 Å². The lowest BCUT2D eigenvalue weighted by Gasteiger charge is -2.25. The fourth-order valence-corrected chi connectivity index (χ4v) is 6.24. The van der Waals surface area contributed by atoms with Crippen LogP contribution in [0.15, 0.2) is 186 Å². The zero-order chi connectivity index (χ0) is 31.0. The monoisotopic (exact) mass is 583 g/mol. The third-order valence-electron chi connectivity index (χ3n) is 8.66. The molecule has 6 rings (SSSR count). The van der Waals surface area contributed by atoms with Gasteiger partial charge < -0.3 is 5.32 Å². The van der Waals surface area contributed by atoms with E-state index in [0.29, 0.717) is 0 Å². The SMILES string of the molecule is C=C(/C=C(\C=C/C)C1=CC=C(c2ccccc2)CC1)C1=CC(c2ccc(-c3ccccc3)cc2)CC=C1Nc1cccc(C)c1. The van der Waals surface area contributed by atoms with Crippen molar-refractivity contribution in [2.24, 2.45) is 0 Å². The summed E-state index contributed by atoms with van der Waals surface area (Å²) in [5, 5.41) is 3.72. The summed E-state index contributed by atoms with van der Waals surface area (Å²) < 4.78 is 0. The highest BCUT2D eigenvalue weighted by atomic mass is 14.9. The summed E-state index contributed by atoms with van der Waals surface area (Å²) >= 11 is 0. The minimum Gasteiger partial charge on any atom is -0.355 e. The highest BCUT2D eigenvalue weighted by Crippen LogP contribution is 2.37. The van der Waals surface area contributed by atoms with Gasteiger partial charge in [0.15, 0.2) is 0 Å². The van der Waals surface area contributed by atoms with Gasteiger partial charge >= 0.3 is 0 Å². The molecule has 4 aromatic rings. The van der Waals surface area contributed by atoms with Crippen LogP contribution in [0, 0.1) is 6.92 Å². The molecule has 45 heavy (non-hydrogen) atoms. The van der Waals surface area contributed by atoms with Crippen LogP contribution in [0.1, 0.15) is 48.8 Å². The molecule has 4 aromatic carbocycles. The minimum atomic E-state index is 0.272. The number of nitrogens with one attached hydrogen (secondary N) is 1. The molecule has 0 saturated carbocycles. The predicted octanol–water partition coefficient (Wildman–Crippen LogP) is 11.9. The molecule has 0 spiro atoms. The van der Waals surface area contributed by atoms with Gasteiger partial charge in [-0.15, -0.1) is 0 Å². The van der Waals surface area contributed by atoms with Crippen molar-refractivity contribution >= 4 is 11.3 Å². The molecule has 0 heterocycles. The van der Waals surface area contributed by atoms with Gasteiger partial charge in [-0.1, -0.05) is 140 Å². The third kappa shape index (κ3) is 7.33. The maximum absolute atomic E-state index is 4.65. The Labute approximate surface area is 269 Å². The summed E-state index contributed by atoms with van der Waals surface area (Å²) in [4.78, 5) is 0. The molecule has 1 nitrogen and oxygen atoms in total. The average molecular weight is 584 g/mol. The van der Waals surface area contributed by atoms with Crippen LogP contribution in [-0.2, 0) is 0 Å². The minimum absolute atomic E-state index is 0.272. The Morgan fingerprint density at radius 2 is 1.49 bits per heavy atom. The van der Waals surface area contributed by atoms with Crippen LogP contribution in [0.3, 0.4) is 0 Å². The van der Waals surface area contributed by atoms with Crippen LogP contribution < -0.4 is 5.32 Å². The molecule has 1 heteroatoms. The fraction of sp³-hybridized carbons (Fsp3) is 0.136. The first-order chi connectivity index (χ1) is 22.1. The lowest BCUT2D eigenvalue weighted by Crippen LogP contribution is -2.11. The van der Waals surface area contributed by atoms with Gasteiger partial charge in [0.2, 0.25) is 0 Å². The van der Waals surface area contributed by atoms with E-state index < -0.39 is 0 Å². The molecule has 2 aliphatic rings. The van der Waals surface area contributed by atoms with E-state index in [4.69, 9.17) is 0 Å². The van der Waals surface area contributed by atoms with Gasteiger partial charge in [-0.25, -0.2) is 0 Å². The molecule has 1 N–H and O–H groups in total. The Kier molecular flexibility index (Phi) is 9.37. The quantitative estimate of drug-likeness (QED) is 0.193. The highest BCUT2D eigenvalue weighted by Gasteiger charge is 2.20. The van der Waals surface area contributed by atoms with Crippen molar-refractivity contribution < 1.29 is 0 Å². The normalized spacial score (nSPS) is 16.8. The summed E-state index contributed by atoms with van der Waals surface area (Å²) in [6.45, 7) is 8.87. The van der Waals surface area contributed by atoms with Crippen LogP contribution >= 0.6 is 0 Å². The first-order valence-electron chi connectivity index (χ1n) is 16.0. The summed E-state index contributed by atoms with van der Waals surface area (Å²) in [7, 11) is 0. The van der Waals surface area contributed by atoms with Gasteiger partial charge in [-0.2, -0.15) is 0 Å². The lowest BCUT2D eigenvalue weighted by molar-refractivity contribution is 0.836. The van der Waals surface area contributed by atoms with Crippen LogP contribution in [0.4, 0.5) is 5.69 Å². The fourth-order valence-electron chi connectivity index (χ4n) is 6.24. The van der Waals surface area contributed by atoms with Gasteiger partial charge in [0.05, 0.1) is 0 Å². The van der Waals surface area contributed by atoms with Crippen molar-refractivity contribution in [3.05, 3.63) is 203 Å². The molecule has 0 amide bonds. The topological polar surface area (TPSA) is 12.0 Å². The largest absolute Gasteiger partial charge is 0.355 e. The van der Waals surface area contributed by atoms with Crippen molar-refractivity contribution in [2.75, 3.05) is 5.32 Å². The van der Waals surface area contributed by atoms with Crippen molar-refractivity contribution in [3.8, 4) is 11.1 Å². The molecule has 0 aromatic heterocycles. The second kappa shape index (κ2) is 14.1. The third-order valence-corrected chi connectivity index (χ3v) is 8.66. The molecule has 222 valence electrons. The van der Waals surface area contributed by atoms with Crippen molar-refractivity contribution in [3.63, 3.8) is 0 Å². The molecular weight excluding hydrogens is 542 g/mol. The molecule has 0 fully saturated rings. The average Bonchev–Trinajstić information content (AvgIpc) is 3.09. The molecule has 0 radical (unpaired) electrons. The molecule has 1 atom stereocenters. The Bertz CT molecular complexity index is 1840. The van der Waals surface area contributed by atoms with E-state index in [1.807, 2.05) is 0 Å². The van der Waals surface area contributed by atoms with Gasteiger partial charge in [0.1, 0.15) is 0 Å². The molecule has 1 unspecified atom stereocenters. The Morgan fingerprint density at radius 1 is 0.778 bits per heavy atom. The van der Waals surface area contributed by atoms with Crippen molar-refractivity contribution in [1.29, 1.82) is 0 Å². The number of rotatable bonds is 9. The smallest absolute Gasteiger partial charge is 0.0420 e. The summed E-state index contributed by atoms with van der Waals surface area (Å²) in [6, 6.07) is 38.9. The number of hydrogen-bond acceptors (Lipinski definition) is 1. The predicted molar refractivity (Wildman–Crippen MR) is 194 cm³/mol. The number of benzene rings is 4. The first kappa shape index (κ1) is 29.9. The van der Waals surface area contributed by atoms with E-state index in [1.54, 1.807) is 0 Å². The summed E-state index contributed by atoms with van der Waals surface area (Å²) in [6.07, 6.45) is 18.9. The molecule has 0 aliphatic heterocycles. The number of aryl methyl sites for hydroxylation is 1. The maximum Gasteiger partial charge on any atom is 0.0420 e. The van der Waals surface area contributed by atoms with E-state index in [9.17, 15) is 0 Å². The Hall–Kier alpha value is -5.14. The standard InChI is InChI=1S/C44H41N/c1-4-12-40(38-23-19-36(20-24-38)34-14-7-5-8-15-34)30-33(3)43-31-41(27-28-44(43)45-42-18-11-13-32(2)29-42)39-25-21-37(22-26-39)35-16-9-6-10-17-35/h4-19,21-23,25-26,28-31,41,45H,3,20,24,27H2,1-2H3/b12-4-,40-30+. The van der Waals surface area contributed by atoms with Gasteiger partial charge in [0, 0.05) is 22.9 Å². The Balaban J connectivity index is 1.31. The number of anilines is 1.